The van der Waals surface area contributed by atoms with E-state index in [0.717, 1.165) is 30.1 Å². The molecule has 0 unspecified atom stereocenters. The molecule has 0 spiro atoms. The zero-order valence-electron chi connectivity index (χ0n) is 12.6. The minimum absolute atomic E-state index is 0.341. The lowest BCUT2D eigenvalue weighted by atomic mass is 9.48. The first-order chi connectivity index (χ1) is 10.3. The quantitative estimate of drug-likeness (QED) is 0.781. The SMILES string of the molecule is c1cc(C23CC4CC(CC(C4)C2)C3)ccc1OC[C@@H]1CO1. The van der Waals surface area contributed by atoms with Gasteiger partial charge in [-0.3, -0.25) is 0 Å². The fourth-order valence-electron chi connectivity index (χ4n) is 5.72. The first-order valence-electron chi connectivity index (χ1n) is 8.64. The Balaban J connectivity index is 1.36. The summed E-state index contributed by atoms with van der Waals surface area (Å²) in [6, 6.07) is 9.04. The van der Waals surface area contributed by atoms with E-state index in [4.69, 9.17) is 9.47 Å². The van der Waals surface area contributed by atoms with Gasteiger partial charge in [0.15, 0.2) is 0 Å². The van der Waals surface area contributed by atoms with Crippen molar-refractivity contribution in [2.24, 2.45) is 17.8 Å². The normalized spacial score (nSPS) is 43.0. The third-order valence-corrected chi connectivity index (χ3v) is 6.34. The minimum Gasteiger partial charge on any atom is -0.491 e. The lowest BCUT2D eigenvalue weighted by Crippen LogP contribution is -2.48. The van der Waals surface area contributed by atoms with Crippen LogP contribution in [0.15, 0.2) is 24.3 Å². The number of hydrogen-bond acceptors (Lipinski definition) is 2. The number of hydrogen-bond donors (Lipinski definition) is 0. The molecule has 5 aliphatic rings. The summed E-state index contributed by atoms with van der Waals surface area (Å²) in [5.74, 6) is 4.04. The molecule has 1 saturated heterocycles. The second-order valence-electron chi connectivity index (χ2n) is 7.99. The summed E-state index contributed by atoms with van der Waals surface area (Å²) in [4.78, 5) is 0. The molecule has 6 rings (SSSR count). The maximum Gasteiger partial charge on any atom is 0.119 e. The summed E-state index contributed by atoms with van der Waals surface area (Å²) >= 11 is 0. The van der Waals surface area contributed by atoms with Crippen molar-refractivity contribution in [2.75, 3.05) is 13.2 Å². The summed E-state index contributed by atoms with van der Waals surface area (Å²) in [6.45, 7) is 1.57. The summed E-state index contributed by atoms with van der Waals surface area (Å²) in [5, 5.41) is 0. The Labute approximate surface area is 126 Å². The van der Waals surface area contributed by atoms with E-state index < -0.39 is 0 Å². The van der Waals surface area contributed by atoms with Crippen LogP contribution in [-0.4, -0.2) is 19.3 Å². The molecule has 2 heteroatoms. The Morgan fingerprint density at radius 1 is 0.952 bits per heavy atom. The van der Waals surface area contributed by atoms with Gasteiger partial charge in [0.1, 0.15) is 18.5 Å². The monoisotopic (exact) mass is 284 g/mol. The van der Waals surface area contributed by atoms with Crippen LogP contribution in [0.2, 0.25) is 0 Å². The molecule has 4 saturated carbocycles. The minimum atomic E-state index is 0.341. The average Bonchev–Trinajstić information content (AvgIpc) is 3.28. The molecule has 2 nitrogen and oxygen atoms in total. The van der Waals surface area contributed by atoms with Crippen LogP contribution in [0.1, 0.15) is 44.1 Å². The van der Waals surface area contributed by atoms with E-state index in [1.165, 1.54) is 38.5 Å². The molecule has 4 aliphatic carbocycles. The van der Waals surface area contributed by atoms with Gasteiger partial charge in [-0.2, -0.15) is 0 Å². The van der Waals surface area contributed by atoms with Gasteiger partial charge < -0.3 is 9.47 Å². The van der Waals surface area contributed by atoms with E-state index in [1.807, 2.05) is 0 Å². The Kier molecular flexibility index (Phi) is 2.67. The van der Waals surface area contributed by atoms with E-state index >= 15 is 0 Å². The third kappa shape index (κ3) is 2.19. The highest BCUT2D eigenvalue weighted by molar-refractivity contribution is 5.34. The molecule has 0 amide bonds. The zero-order valence-corrected chi connectivity index (χ0v) is 12.6. The van der Waals surface area contributed by atoms with Crippen molar-refractivity contribution in [1.82, 2.24) is 0 Å². The zero-order chi connectivity index (χ0) is 13.9. The maximum atomic E-state index is 5.78. The van der Waals surface area contributed by atoms with Crippen LogP contribution in [0.25, 0.3) is 0 Å². The molecule has 0 aromatic heterocycles. The molecule has 0 radical (unpaired) electrons. The van der Waals surface area contributed by atoms with Crippen molar-refractivity contribution in [3.8, 4) is 5.75 Å². The van der Waals surface area contributed by atoms with Gasteiger partial charge in [-0.05, 0) is 79.4 Å². The number of epoxide rings is 1. The molecule has 1 heterocycles. The number of benzene rings is 1. The highest BCUT2D eigenvalue weighted by Gasteiger charge is 2.51. The molecule has 4 bridgehead atoms. The lowest BCUT2D eigenvalue weighted by molar-refractivity contribution is -0.00520. The summed E-state index contributed by atoms with van der Waals surface area (Å²) in [7, 11) is 0. The second kappa shape index (κ2) is 4.49. The van der Waals surface area contributed by atoms with Crippen molar-refractivity contribution in [2.45, 2.75) is 50.0 Å². The highest BCUT2D eigenvalue weighted by Crippen LogP contribution is 2.60. The fraction of sp³-hybridized carbons (Fsp3) is 0.684. The molecule has 112 valence electrons. The number of rotatable bonds is 4. The van der Waals surface area contributed by atoms with Gasteiger partial charge in [0, 0.05) is 0 Å². The first-order valence-corrected chi connectivity index (χ1v) is 8.64. The van der Waals surface area contributed by atoms with Gasteiger partial charge in [-0.25, -0.2) is 0 Å². The predicted molar refractivity (Wildman–Crippen MR) is 81.5 cm³/mol. The standard InChI is InChI=1S/C19H24O2/c1-3-17(20-11-18-12-21-18)4-2-16(1)19-8-13-5-14(9-19)7-15(6-13)10-19/h1-4,13-15,18H,5-12H2/t13?,14?,15?,18-,19?/m1/s1. The molecular weight excluding hydrogens is 260 g/mol. The van der Waals surface area contributed by atoms with Crippen molar-refractivity contribution >= 4 is 0 Å². The van der Waals surface area contributed by atoms with Gasteiger partial charge >= 0.3 is 0 Å². The van der Waals surface area contributed by atoms with E-state index in [9.17, 15) is 0 Å². The highest BCUT2D eigenvalue weighted by atomic mass is 16.6. The molecule has 5 fully saturated rings. The average molecular weight is 284 g/mol. The third-order valence-electron chi connectivity index (χ3n) is 6.34. The van der Waals surface area contributed by atoms with Gasteiger partial charge in [-0.15, -0.1) is 0 Å². The van der Waals surface area contributed by atoms with Gasteiger partial charge in [0.05, 0.1) is 6.61 Å². The van der Waals surface area contributed by atoms with Crippen molar-refractivity contribution in [1.29, 1.82) is 0 Å². The first kappa shape index (κ1) is 12.5. The van der Waals surface area contributed by atoms with E-state index in [2.05, 4.69) is 24.3 Å². The molecule has 0 N–H and O–H groups in total. The predicted octanol–water partition coefficient (Wildman–Crippen LogP) is 3.93. The van der Waals surface area contributed by atoms with E-state index in [-0.39, 0.29) is 0 Å². The summed E-state index contributed by atoms with van der Waals surface area (Å²) < 4.78 is 11.0. The fourth-order valence-corrected chi connectivity index (χ4v) is 5.72. The van der Waals surface area contributed by atoms with Crippen LogP contribution in [0.3, 0.4) is 0 Å². The Morgan fingerprint density at radius 3 is 2.05 bits per heavy atom. The van der Waals surface area contributed by atoms with Crippen LogP contribution in [0.4, 0.5) is 0 Å². The van der Waals surface area contributed by atoms with E-state index in [0.29, 0.717) is 18.1 Å². The van der Waals surface area contributed by atoms with Crippen LogP contribution in [0, 0.1) is 17.8 Å². The maximum absolute atomic E-state index is 5.78. The molecule has 1 atom stereocenters. The van der Waals surface area contributed by atoms with Gasteiger partial charge in [0.25, 0.3) is 0 Å². The lowest BCUT2D eigenvalue weighted by Gasteiger charge is -2.57. The molecule has 1 aromatic rings. The topological polar surface area (TPSA) is 21.8 Å². The van der Waals surface area contributed by atoms with Gasteiger partial charge in [-0.1, -0.05) is 12.1 Å². The molecule has 21 heavy (non-hydrogen) atoms. The van der Waals surface area contributed by atoms with Gasteiger partial charge in [0.2, 0.25) is 0 Å². The largest absolute Gasteiger partial charge is 0.491 e. The van der Waals surface area contributed by atoms with Crippen LogP contribution >= 0.6 is 0 Å². The Morgan fingerprint density at radius 2 is 1.52 bits per heavy atom. The smallest absolute Gasteiger partial charge is 0.119 e. The molecular formula is C19H24O2. The Bertz CT molecular complexity index is 494. The molecule has 1 aliphatic heterocycles. The second-order valence-corrected chi connectivity index (χ2v) is 7.99. The molecule has 1 aromatic carbocycles. The van der Waals surface area contributed by atoms with E-state index in [1.54, 1.807) is 5.56 Å². The van der Waals surface area contributed by atoms with Crippen molar-refractivity contribution < 1.29 is 9.47 Å². The van der Waals surface area contributed by atoms with Crippen LogP contribution in [0.5, 0.6) is 5.75 Å². The van der Waals surface area contributed by atoms with Crippen LogP contribution < -0.4 is 4.74 Å². The Hall–Kier alpha value is -1.02. The van der Waals surface area contributed by atoms with Crippen LogP contribution in [-0.2, 0) is 10.2 Å². The summed E-state index contributed by atoms with van der Waals surface area (Å²) in [6.07, 6.45) is 9.21. The van der Waals surface area contributed by atoms with Crippen molar-refractivity contribution in [3.63, 3.8) is 0 Å². The number of ether oxygens (including phenoxy) is 2. The van der Waals surface area contributed by atoms with Crippen molar-refractivity contribution in [3.05, 3.63) is 29.8 Å². The summed E-state index contributed by atoms with van der Waals surface area (Å²) in [5.41, 5.74) is 2.09.